The molecule has 3 N–H and O–H groups in total. The van der Waals surface area contributed by atoms with Crippen molar-refractivity contribution in [3.8, 4) is 0 Å². The minimum Gasteiger partial charge on any atom is -0.606 e. The molecular weight excluding hydrogens is 242 g/mol. The molecule has 0 bridgehead atoms. The third-order valence-electron chi connectivity index (χ3n) is 2.31. The SMILES string of the molecule is C=N[NH+]([O-])C(CCC(=O)OCC)C(C)OC(N)=O. The highest BCUT2D eigenvalue weighted by atomic mass is 16.6. The average Bonchev–Trinajstić information content (AvgIpc) is 2.28. The first-order chi connectivity index (χ1) is 8.42. The summed E-state index contributed by atoms with van der Waals surface area (Å²) in [6, 6.07) is -0.751. The molecule has 3 atom stereocenters. The lowest BCUT2D eigenvalue weighted by atomic mass is 10.1. The van der Waals surface area contributed by atoms with Crippen LogP contribution in [0.5, 0.6) is 0 Å². The standard InChI is InChI=1S/C10H19N3O5/c1-4-17-9(14)6-5-8(13(16)12-3)7(2)18-10(11)15/h7-8,13H,3-6H2,1-2H3,(H2,11,15). The van der Waals surface area contributed by atoms with Crippen molar-refractivity contribution in [3.63, 3.8) is 0 Å². The van der Waals surface area contributed by atoms with Gasteiger partial charge in [-0.05, 0) is 13.8 Å². The van der Waals surface area contributed by atoms with Crippen LogP contribution in [-0.4, -0.2) is 37.5 Å². The Balaban J connectivity index is 4.44. The number of amides is 1. The lowest BCUT2D eigenvalue weighted by molar-refractivity contribution is -0.886. The molecule has 0 fully saturated rings. The van der Waals surface area contributed by atoms with Crippen LogP contribution in [0, 0.1) is 5.21 Å². The summed E-state index contributed by atoms with van der Waals surface area (Å²) < 4.78 is 9.44. The van der Waals surface area contributed by atoms with E-state index in [-0.39, 0.29) is 19.4 Å². The van der Waals surface area contributed by atoms with Crippen molar-refractivity contribution in [3.05, 3.63) is 5.21 Å². The van der Waals surface area contributed by atoms with Crippen LogP contribution in [0.4, 0.5) is 4.79 Å². The van der Waals surface area contributed by atoms with Gasteiger partial charge in [-0.15, -0.1) is 0 Å². The van der Waals surface area contributed by atoms with Crippen LogP contribution >= 0.6 is 0 Å². The number of hydrogen-bond donors (Lipinski definition) is 2. The first kappa shape index (κ1) is 16.3. The van der Waals surface area contributed by atoms with Crippen LogP contribution in [-0.2, 0) is 14.3 Å². The van der Waals surface area contributed by atoms with E-state index in [0.29, 0.717) is 0 Å². The second-order valence-electron chi connectivity index (χ2n) is 3.59. The van der Waals surface area contributed by atoms with E-state index in [2.05, 4.69) is 11.8 Å². The van der Waals surface area contributed by atoms with E-state index in [4.69, 9.17) is 15.2 Å². The van der Waals surface area contributed by atoms with E-state index >= 15 is 0 Å². The molecule has 0 heterocycles. The molecule has 104 valence electrons. The van der Waals surface area contributed by atoms with Crippen LogP contribution in [0.15, 0.2) is 5.10 Å². The van der Waals surface area contributed by atoms with Gasteiger partial charge in [-0.1, -0.05) is 5.10 Å². The molecule has 0 radical (unpaired) electrons. The summed E-state index contributed by atoms with van der Waals surface area (Å²) in [5.41, 5.74) is 4.87. The molecule has 0 aliphatic carbocycles. The largest absolute Gasteiger partial charge is 0.606 e. The summed E-state index contributed by atoms with van der Waals surface area (Å²) in [5.74, 6) is -0.425. The van der Waals surface area contributed by atoms with Gasteiger partial charge >= 0.3 is 12.1 Å². The third-order valence-corrected chi connectivity index (χ3v) is 2.31. The highest BCUT2D eigenvalue weighted by Gasteiger charge is 2.27. The molecule has 3 unspecified atom stereocenters. The maximum Gasteiger partial charge on any atom is 0.404 e. The molecule has 8 heteroatoms. The monoisotopic (exact) mass is 261 g/mol. The van der Waals surface area contributed by atoms with E-state index in [1.807, 2.05) is 0 Å². The number of hydroxylamine groups is 1. The number of carbonyl (C=O) groups excluding carboxylic acids is 2. The minimum absolute atomic E-state index is 0.0340. The van der Waals surface area contributed by atoms with Gasteiger partial charge in [0.2, 0.25) is 0 Å². The highest BCUT2D eigenvalue weighted by molar-refractivity contribution is 5.69. The second kappa shape index (κ2) is 8.43. The second-order valence-corrected chi connectivity index (χ2v) is 3.59. The molecule has 1 amide bonds. The number of carbonyl (C=O) groups is 2. The number of hydrogen-bond acceptors (Lipinski definition) is 6. The van der Waals surface area contributed by atoms with Crippen molar-refractivity contribution in [1.29, 1.82) is 0 Å². The Kier molecular flexibility index (Phi) is 7.64. The predicted octanol–water partition coefficient (Wildman–Crippen LogP) is -0.820. The van der Waals surface area contributed by atoms with Gasteiger partial charge in [0.15, 0.2) is 6.10 Å². The summed E-state index contributed by atoms with van der Waals surface area (Å²) in [7, 11) is 0. The zero-order chi connectivity index (χ0) is 14.1. The molecule has 0 saturated heterocycles. The fourth-order valence-corrected chi connectivity index (χ4v) is 1.45. The van der Waals surface area contributed by atoms with Crippen LogP contribution in [0.3, 0.4) is 0 Å². The Bertz CT molecular complexity index is 297. The average molecular weight is 261 g/mol. The summed E-state index contributed by atoms with van der Waals surface area (Å²) in [5, 5.41) is 14.2. The summed E-state index contributed by atoms with van der Waals surface area (Å²) in [6.45, 7) is 6.58. The molecule has 0 spiro atoms. The van der Waals surface area contributed by atoms with E-state index in [9.17, 15) is 14.8 Å². The number of nitrogens with one attached hydrogen (secondary N) is 1. The van der Waals surface area contributed by atoms with Crippen molar-refractivity contribution in [2.24, 2.45) is 10.8 Å². The van der Waals surface area contributed by atoms with Crippen LogP contribution in [0.25, 0.3) is 0 Å². The minimum atomic E-state index is -0.986. The maximum absolute atomic E-state index is 11.5. The number of nitrogens with zero attached hydrogens (tertiary/aromatic N) is 1. The van der Waals surface area contributed by atoms with Gasteiger partial charge < -0.3 is 20.4 Å². The van der Waals surface area contributed by atoms with Crippen molar-refractivity contribution < 1.29 is 24.2 Å². The van der Waals surface area contributed by atoms with Crippen LogP contribution < -0.4 is 10.9 Å². The quantitative estimate of drug-likeness (QED) is 0.336. The Morgan fingerprint density at radius 2 is 2.17 bits per heavy atom. The number of nitrogens with two attached hydrogens (primary N) is 1. The lowest BCUT2D eigenvalue weighted by Gasteiger charge is -2.29. The smallest absolute Gasteiger partial charge is 0.404 e. The van der Waals surface area contributed by atoms with Crippen LogP contribution in [0.2, 0.25) is 0 Å². The number of ether oxygens (including phenoxy) is 2. The molecule has 0 aromatic rings. The Morgan fingerprint density at radius 1 is 1.56 bits per heavy atom. The van der Waals surface area contributed by atoms with Gasteiger partial charge in [-0.2, -0.15) is 0 Å². The number of quaternary nitrogens is 1. The summed E-state index contributed by atoms with van der Waals surface area (Å²) in [4.78, 5) is 21.8. The molecule has 0 aliphatic rings. The lowest BCUT2D eigenvalue weighted by Crippen LogP contribution is -3.08. The molecule has 0 aromatic heterocycles. The van der Waals surface area contributed by atoms with E-state index in [0.717, 1.165) is 0 Å². The molecular formula is C10H19N3O5. The normalized spacial score (nSPS) is 15.3. The summed E-state index contributed by atoms with van der Waals surface area (Å²) >= 11 is 0. The van der Waals surface area contributed by atoms with Crippen molar-refractivity contribution >= 4 is 18.8 Å². The number of esters is 1. The molecule has 0 aromatic carbocycles. The van der Waals surface area contributed by atoms with Gasteiger partial charge in [0, 0.05) is 13.1 Å². The fraction of sp³-hybridized carbons (Fsp3) is 0.700. The van der Waals surface area contributed by atoms with Crippen molar-refractivity contribution in [2.75, 3.05) is 6.61 Å². The first-order valence-corrected chi connectivity index (χ1v) is 5.54. The van der Waals surface area contributed by atoms with Crippen molar-refractivity contribution in [2.45, 2.75) is 38.8 Å². The van der Waals surface area contributed by atoms with Gasteiger partial charge in [0.25, 0.3) is 0 Å². The number of rotatable bonds is 8. The molecule has 0 saturated carbocycles. The maximum atomic E-state index is 11.5. The topological polar surface area (TPSA) is 118 Å². The molecule has 8 nitrogen and oxygen atoms in total. The van der Waals surface area contributed by atoms with Gasteiger partial charge in [0.1, 0.15) is 6.04 Å². The predicted molar refractivity (Wildman–Crippen MR) is 63.7 cm³/mol. The number of primary amides is 1. The fourth-order valence-electron chi connectivity index (χ4n) is 1.45. The van der Waals surface area contributed by atoms with Gasteiger partial charge in [-0.25, -0.2) is 9.97 Å². The first-order valence-electron chi connectivity index (χ1n) is 5.54. The zero-order valence-electron chi connectivity index (χ0n) is 10.5. The Labute approximate surface area is 105 Å². The summed E-state index contributed by atoms with van der Waals surface area (Å²) in [6.07, 6.45) is -1.56. The molecule has 0 rings (SSSR count). The Morgan fingerprint density at radius 3 is 2.61 bits per heavy atom. The van der Waals surface area contributed by atoms with Crippen LogP contribution in [0.1, 0.15) is 26.7 Å². The van der Waals surface area contributed by atoms with E-state index in [1.165, 1.54) is 6.92 Å². The third kappa shape index (κ3) is 6.16. The van der Waals surface area contributed by atoms with E-state index in [1.54, 1.807) is 6.92 Å². The molecule has 18 heavy (non-hydrogen) atoms. The Hall–Kier alpha value is -1.67. The van der Waals surface area contributed by atoms with Crippen molar-refractivity contribution in [1.82, 2.24) is 0 Å². The zero-order valence-corrected chi connectivity index (χ0v) is 10.5. The van der Waals surface area contributed by atoms with Gasteiger partial charge in [0.05, 0.1) is 13.0 Å². The molecule has 0 aliphatic heterocycles. The van der Waals surface area contributed by atoms with E-state index < -0.39 is 29.4 Å². The van der Waals surface area contributed by atoms with Gasteiger partial charge in [-0.3, -0.25) is 4.79 Å². The highest BCUT2D eigenvalue weighted by Crippen LogP contribution is 2.05.